The number of carbonyl (C=O) groups is 1. The summed E-state index contributed by atoms with van der Waals surface area (Å²) in [5.41, 5.74) is 13.4. The molecule has 4 aromatic heterocycles. The van der Waals surface area contributed by atoms with E-state index < -0.39 is 0 Å². The number of ether oxygens (including phenoxy) is 2. The van der Waals surface area contributed by atoms with Crippen molar-refractivity contribution in [2.75, 3.05) is 20.8 Å². The van der Waals surface area contributed by atoms with E-state index in [4.69, 9.17) is 25.2 Å². The fourth-order valence-electron chi connectivity index (χ4n) is 7.47. The number of nitrogens with zero attached hydrogens (tertiary/aromatic N) is 6. The highest BCUT2D eigenvalue weighted by atomic mass is 16.5. The van der Waals surface area contributed by atoms with Gasteiger partial charge >= 0.3 is 0 Å². The molecule has 3 fully saturated rings. The molecule has 3 atom stereocenters. The molecule has 2 bridgehead atoms. The molecule has 3 aliphatic rings. The van der Waals surface area contributed by atoms with E-state index >= 15 is 0 Å². The van der Waals surface area contributed by atoms with E-state index in [0.717, 1.165) is 76.3 Å². The lowest BCUT2D eigenvalue weighted by Crippen LogP contribution is -2.41. The SMILES string of the molecule is COc1nccc(-c2ccc3cc(-c4nc5cc(C(=O)N6CC7CCC6[C@@H]7N)cc(OC)c5n4C)n(CC4CC4)c3n2)c1C. The number of rotatable bonds is 7. The molecule has 2 aliphatic carbocycles. The average Bonchev–Trinajstić information content (AvgIpc) is 3.44. The van der Waals surface area contributed by atoms with E-state index in [1.807, 2.05) is 37.1 Å². The Labute approximate surface area is 255 Å². The summed E-state index contributed by atoms with van der Waals surface area (Å²) < 4.78 is 15.7. The predicted molar refractivity (Wildman–Crippen MR) is 169 cm³/mol. The number of amides is 1. The third kappa shape index (κ3) is 4.11. The third-order valence-corrected chi connectivity index (χ3v) is 10.1. The smallest absolute Gasteiger partial charge is 0.254 e. The Balaban J connectivity index is 1.25. The third-order valence-electron chi connectivity index (χ3n) is 10.1. The van der Waals surface area contributed by atoms with Crippen LogP contribution >= 0.6 is 0 Å². The van der Waals surface area contributed by atoms with Gasteiger partial charge in [-0.1, -0.05) is 0 Å². The van der Waals surface area contributed by atoms with Crippen LogP contribution in [0.1, 0.15) is 41.6 Å². The van der Waals surface area contributed by atoms with Crippen molar-refractivity contribution < 1.29 is 14.3 Å². The molecule has 8 rings (SSSR count). The Bertz CT molecular complexity index is 1960. The Morgan fingerprint density at radius 2 is 1.89 bits per heavy atom. The number of fused-ring (bicyclic) bond motifs is 4. The lowest BCUT2D eigenvalue weighted by molar-refractivity contribution is 0.0700. The van der Waals surface area contributed by atoms with Gasteiger partial charge in [0, 0.05) is 60.5 Å². The van der Waals surface area contributed by atoms with Crippen LogP contribution in [0.3, 0.4) is 0 Å². The van der Waals surface area contributed by atoms with Gasteiger partial charge in [-0.05, 0) is 80.8 Å². The molecule has 5 aromatic rings. The lowest BCUT2D eigenvalue weighted by atomic mass is 10.1. The van der Waals surface area contributed by atoms with Crippen molar-refractivity contribution in [3.05, 3.63) is 53.7 Å². The molecule has 1 aliphatic heterocycles. The second kappa shape index (κ2) is 10.1. The van der Waals surface area contributed by atoms with Crippen LogP contribution < -0.4 is 15.2 Å². The van der Waals surface area contributed by atoms with Gasteiger partial charge in [-0.15, -0.1) is 0 Å². The van der Waals surface area contributed by atoms with Gasteiger partial charge in [-0.25, -0.2) is 15.0 Å². The maximum atomic E-state index is 13.7. The number of hydrogen-bond donors (Lipinski definition) is 1. The summed E-state index contributed by atoms with van der Waals surface area (Å²) in [6, 6.07) is 12.3. The molecule has 0 spiro atoms. The monoisotopic (exact) mass is 591 g/mol. The van der Waals surface area contributed by atoms with Crippen molar-refractivity contribution >= 4 is 28.0 Å². The fraction of sp³-hybridized carbons (Fsp3) is 0.412. The van der Waals surface area contributed by atoms with Crippen LogP contribution in [0.5, 0.6) is 11.6 Å². The molecular weight excluding hydrogens is 554 g/mol. The Morgan fingerprint density at radius 1 is 1.05 bits per heavy atom. The molecular formula is C34H37N7O3. The number of piperidine rings is 1. The van der Waals surface area contributed by atoms with Crippen LogP contribution in [-0.4, -0.2) is 67.7 Å². The van der Waals surface area contributed by atoms with E-state index in [9.17, 15) is 4.79 Å². The van der Waals surface area contributed by atoms with Gasteiger partial charge in [-0.3, -0.25) is 4.79 Å². The molecule has 2 saturated carbocycles. The summed E-state index contributed by atoms with van der Waals surface area (Å²) >= 11 is 0. The van der Waals surface area contributed by atoms with Gasteiger partial charge in [0.2, 0.25) is 5.88 Å². The van der Waals surface area contributed by atoms with Crippen LogP contribution in [0, 0.1) is 18.8 Å². The first-order valence-electron chi connectivity index (χ1n) is 15.5. The summed E-state index contributed by atoms with van der Waals surface area (Å²) in [5, 5.41) is 1.05. The predicted octanol–water partition coefficient (Wildman–Crippen LogP) is 4.95. The van der Waals surface area contributed by atoms with Crippen LogP contribution in [0.25, 0.3) is 44.8 Å². The minimum Gasteiger partial charge on any atom is -0.494 e. The Hall–Kier alpha value is -4.44. The first kappa shape index (κ1) is 27.1. The van der Waals surface area contributed by atoms with Crippen molar-refractivity contribution in [2.24, 2.45) is 24.6 Å². The van der Waals surface area contributed by atoms with Crippen molar-refractivity contribution in [3.8, 4) is 34.4 Å². The first-order chi connectivity index (χ1) is 21.4. The molecule has 2 N–H and O–H groups in total. The summed E-state index contributed by atoms with van der Waals surface area (Å²) in [6.07, 6.45) is 6.26. The zero-order chi connectivity index (χ0) is 30.3. The number of aromatic nitrogens is 5. The number of likely N-dealkylation sites (tertiary alicyclic amines) is 1. The minimum absolute atomic E-state index is 0.00247. The molecule has 2 unspecified atom stereocenters. The number of imidazole rings is 1. The summed E-state index contributed by atoms with van der Waals surface area (Å²) in [7, 11) is 5.30. The molecule has 5 heterocycles. The van der Waals surface area contributed by atoms with E-state index in [1.54, 1.807) is 20.4 Å². The van der Waals surface area contributed by atoms with Crippen LogP contribution in [0.15, 0.2) is 42.6 Å². The zero-order valence-electron chi connectivity index (χ0n) is 25.6. The molecule has 226 valence electrons. The minimum atomic E-state index is 0.00247. The highest BCUT2D eigenvalue weighted by Crippen LogP contribution is 2.40. The van der Waals surface area contributed by atoms with Crippen molar-refractivity contribution in [2.45, 2.75) is 51.2 Å². The molecule has 1 amide bonds. The maximum absolute atomic E-state index is 13.7. The van der Waals surface area contributed by atoms with Gasteiger partial charge in [0.25, 0.3) is 5.91 Å². The number of pyridine rings is 2. The largest absolute Gasteiger partial charge is 0.494 e. The van der Waals surface area contributed by atoms with Crippen molar-refractivity contribution in [1.82, 2.24) is 29.0 Å². The van der Waals surface area contributed by atoms with E-state index in [-0.39, 0.29) is 18.0 Å². The van der Waals surface area contributed by atoms with Gasteiger partial charge < -0.3 is 29.2 Å². The normalized spacial score (nSPS) is 21.1. The molecule has 44 heavy (non-hydrogen) atoms. The number of hydrogen-bond acceptors (Lipinski definition) is 7. The van der Waals surface area contributed by atoms with Gasteiger partial charge in [0.15, 0.2) is 5.82 Å². The van der Waals surface area contributed by atoms with Gasteiger partial charge in [0.1, 0.15) is 16.9 Å². The molecule has 1 aromatic carbocycles. The van der Waals surface area contributed by atoms with Crippen LogP contribution in [0.2, 0.25) is 0 Å². The molecule has 0 radical (unpaired) electrons. The molecule has 10 heteroatoms. The standard InChI is InChI=1S/C34H37N7O3/c1-18-23(11-12-36-33(18)44-4)24-9-7-20-14-27(40(31(20)37-24)16-19-5-6-19)32-38-25-13-22(15-28(43-3)30(25)39(32)2)34(42)41-17-21-8-10-26(41)29(21)35/h7,9,11-15,19,21,26,29H,5-6,8,10,16-17,35H2,1-4H3/t21?,26?,29-/m1/s1. The quantitative estimate of drug-likeness (QED) is 0.285. The number of methoxy groups -OCH3 is 2. The Kier molecular flexibility index (Phi) is 6.20. The molecule has 1 saturated heterocycles. The van der Waals surface area contributed by atoms with Gasteiger partial charge in [0.05, 0.1) is 31.1 Å². The highest BCUT2D eigenvalue weighted by Gasteiger charge is 2.47. The summed E-state index contributed by atoms with van der Waals surface area (Å²) in [6.45, 7) is 3.60. The summed E-state index contributed by atoms with van der Waals surface area (Å²) in [5.74, 6) is 3.06. The number of benzene rings is 1. The second-order valence-corrected chi connectivity index (χ2v) is 12.7. The van der Waals surface area contributed by atoms with Crippen molar-refractivity contribution in [3.63, 3.8) is 0 Å². The first-order valence-corrected chi connectivity index (χ1v) is 15.5. The maximum Gasteiger partial charge on any atom is 0.254 e. The topological polar surface area (TPSA) is 113 Å². The molecule has 10 nitrogen and oxygen atoms in total. The highest BCUT2D eigenvalue weighted by molar-refractivity contribution is 6.00. The zero-order valence-corrected chi connectivity index (χ0v) is 25.6. The van der Waals surface area contributed by atoms with E-state index in [2.05, 4.69) is 32.3 Å². The van der Waals surface area contributed by atoms with E-state index in [0.29, 0.717) is 29.0 Å². The summed E-state index contributed by atoms with van der Waals surface area (Å²) in [4.78, 5) is 30.4. The van der Waals surface area contributed by atoms with Crippen LogP contribution in [-0.2, 0) is 13.6 Å². The van der Waals surface area contributed by atoms with Crippen LogP contribution in [0.4, 0.5) is 0 Å². The van der Waals surface area contributed by atoms with E-state index in [1.165, 1.54) is 12.8 Å². The number of aryl methyl sites for hydroxylation is 1. The number of carbonyl (C=O) groups excluding carboxylic acids is 1. The van der Waals surface area contributed by atoms with Gasteiger partial charge in [-0.2, -0.15) is 0 Å². The van der Waals surface area contributed by atoms with Crippen molar-refractivity contribution in [1.29, 1.82) is 0 Å². The fourth-order valence-corrected chi connectivity index (χ4v) is 7.47. The lowest BCUT2D eigenvalue weighted by Gasteiger charge is -2.27. The average molecular weight is 592 g/mol. The Morgan fingerprint density at radius 3 is 2.59 bits per heavy atom. The number of nitrogens with two attached hydrogens (primary N) is 1. The second-order valence-electron chi connectivity index (χ2n) is 12.7.